The topological polar surface area (TPSA) is 78.8 Å². The molecule has 1 saturated carbocycles. The van der Waals surface area contributed by atoms with Crippen molar-refractivity contribution in [2.75, 3.05) is 30.3 Å². The number of hydrogen-bond acceptors (Lipinski definition) is 5. The van der Waals surface area contributed by atoms with Gasteiger partial charge >= 0.3 is 0 Å². The van der Waals surface area contributed by atoms with Crippen LogP contribution in [0.15, 0.2) is 35.6 Å². The van der Waals surface area contributed by atoms with Crippen LogP contribution in [0.3, 0.4) is 0 Å². The molecular weight excluding hydrogens is 384 g/mol. The Kier molecular flexibility index (Phi) is 5.18. The second-order valence-corrected chi connectivity index (χ2v) is 8.77. The van der Waals surface area contributed by atoms with E-state index in [2.05, 4.69) is 42.1 Å². The molecule has 1 aromatic carbocycles. The molecule has 0 unspecified atom stereocenters. The van der Waals surface area contributed by atoms with Crippen molar-refractivity contribution < 1.29 is 4.79 Å². The summed E-state index contributed by atoms with van der Waals surface area (Å²) in [5.41, 5.74) is 2.37. The van der Waals surface area contributed by atoms with Crippen molar-refractivity contribution >= 4 is 34.5 Å². The molecule has 2 fully saturated rings. The zero-order chi connectivity index (χ0) is 19.6. The van der Waals surface area contributed by atoms with Crippen molar-refractivity contribution in [1.29, 1.82) is 0 Å². The molecule has 5 rings (SSSR count). The second kappa shape index (κ2) is 8.10. The lowest BCUT2D eigenvalue weighted by Gasteiger charge is -2.17. The number of rotatable bonds is 8. The van der Waals surface area contributed by atoms with Gasteiger partial charge in [-0.3, -0.25) is 9.36 Å². The maximum atomic E-state index is 12.4. The highest BCUT2D eigenvalue weighted by Crippen LogP contribution is 2.41. The van der Waals surface area contributed by atoms with E-state index in [1.807, 2.05) is 18.3 Å². The van der Waals surface area contributed by atoms with E-state index in [1.54, 1.807) is 0 Å². The fourth-order valence-electron chi connectivity index (χ4n) is 4.01. The first-order chi connectivity index (χ1) is 14.3. The quantitative estimate of drug-likeness (QED) is 0.558. The van der Waals surface area contributed by atoms with Crippen LogP contribution in [0.25, 0.3) is 10.9 Å². The summed E-state index contributed by atoms with van der Waals surface area (Å²) >= 11 is 1.50. The largest absolute Gasteiger partial charge is 0.361 e. The van der Waals surface area contributed by atoms with Crippen molar-refractivity contribution in [3.05, 3.63) is 36.0 Å². The zero-order valence-corrected chi connectivity index (χ0v) is 17.2. The summed E-state index contributed by atoms with van der Waals surface area (Å²) in [6.07, 6.45) is 7.66. The first-order valence-corrected chi connectivity index (χ1v) is 11.4. The van der Waals surface area contributed by atoms with Crippen molar-refractivity contribution in [2.24, 2.45) is 0 Å². The Morgan fingerprint density at radius 3 is 2.86 bits per heavy atom. The smallest absolute Gasteiger partial charge is 0.230 e. The summed E-state index contributed by atoms with van der Waals surface area (Å²) in [6.45, 7) is 2.75. The molecule has 0 radical (unpaired) electrons. The van der Waals surface area contributed by atoms with Crippen LogP contribution in [-0.2, 0) is 11.2 Å². The molecule has 0 spiro atoms. The van der Waals surface area contributed by atoms with Crippen LogP contribution < -0.4 is 10.2 Å². The number of aromatic amines is 1. The van der Waals surface area contributed by atoms with Crippen LogP contribution >= 0.6 is 11.8 Å². The monoisotopic (exact) mass is 410 g/mol. The summed E-state index contributed by atoms with van der Waals surface area (Å²) in [4.78, 5) is 18.0. The summed E-state index contributed by atoms with van der Waals surface area (Å²) < 4.78 is 2.26. The van der Waals surface area contributed by atoms with Crippen molar-refractivity contribution in [3.63, 3.8) is 0 Å². The van der Waals surface area contributed by atoms with Gasteiger partial charge < -0.3 is 15.2 Å². The number of thioether (sulfide) groups is 1. The van der Waals surface area contributed by atoms with Crippen LogP contribution in [0.4, 0.5) is 5.95 Å². The van der Waals surface area contributed by atoms with Gasteiger partial charge in [-0.2, -0.15) is 0 Å². The molecule has 3 heterocycles. The average Bonchev–Trinajstić information content (AvgIpc) is 3.14. The van der Waals surface area contributed by atoms with Crippen molar-refractivity contribution in [2.45, 2.75) is 43.3 Å². The minimum Gasteiger partial charge on any atom is -0.361 e. The van der Waals surface area contributed by atoms with Crippen LogP contribution in [-0.4, -0.2) is 51.0 Å². The third-order valence-electron chi connectivity index (χ3n) is 5.67. The lowest BCUT2D eigenvalue weighted by atomic mass is 10.1. The van der Waals surface area contributed by atoms with Crippen LogP contribution in [0.5, 0.6) is 0 Å². The number of anilines is 1. The normalized spacial score (nSPS) is 16.6. The first kappa shape index (κ1) is 18.5. The summed E-state index contributed by atoms with van der Waals surface area (Å²) in [7, 11) is 0. The van der Waals surface area contributed by atoms with E-state index < -0.39 is 0 Å². The van der Waals surface area contributed by atoms with Crippen molar-refractivity contribution in [3.8, 4) is 0 Å². The van der Waals surface area contributed by atoms with Crippen LogP contribution in [0.2, 0.25) is 0 Å². The predicted molar refractivity (Wildman–Crippen MR) is 115 cm³/mol. The number of fused-ring (bicyclic) bond motifs is 1. The highest BCUT2D eigenvalue weighted by molar-refractivity contribution is 7.99. The van der Waals surface area contributed by atoms with Gasteiger partial charge in [-0.15, -0.1) is 10.2 Å². The summed E-state index contributed by atoms with van der Waals surface area (Å²) in [6, 6.07) is 8.76. The zero-order valence-electron chi connectivity index (χ0n) is 16.4. The maximum absolute atomic E-state index is 12.4. The van der Waals surface area contributed by atoms with E-state index in [0.29, 0.717) is 18.3 Å². The number of hydrogen-bond donors (Lipinski definition) is 2. The number of para-hydroxylation sites is 1. The molecule has 2 N–H and O–H groups in total. The van der Waals surface area contributed by atoms with Crippen LogP contribution in [0, 0.1) is 0 Å². The van der Waals surface area contributed by atoms with Gasteiger partial charge in [-0.1, -0.05) is 30.0 Å². The third-order valence-corrected chi connectivity index (χ3v) is 6.61. The summed E-state index contributed by atoms with van der Waals surface area (Å²) in [5.74, 6) is 1.41. The average molecular weight is 411 g/mol. The van der Waals surface area contributed by atoms with Gasteiger partial charge in [0.25, 0.3) is 0 Å². The van der Waals surface area contributed by atoms with E-state index in [0.717, 1.165) is 36.1 Å². The summed E-state index contributed by atoms with van der Waals surface area (Å²) in [5, 5.41) is 14.0. The minimum absolute atomic E-state index is 0.0444. The number of benzene rings is 1. The number of H-pyrrole nitrogens is 1. The SMILES string of the molecule is O=C(CSc1nnc(N2CCCC2)n1C1CC1)NCCc1c[nH]c2ccccc12. The number of nitrogens with zero attached hydrogens (tertiary/aromatic N) is 4. The Labute approximate surface area is 174 Å². The van der Waals surface area contributed by atoms with E-state index >= 15 is 0 Å². The Bertz CT molecular complexity index is 1000. The lowest BCUT2D eigenvalue weighted by molar-refractivity contribution is -0.118. The standard InChI is InChI=1S/C21H26N6OS/c28-19(22-10-9-15-13-23-18-6-2-1-5-17(15)18)14-29-21-25-24-20(26-11-3-4-12-26)27(21)16-7-8-16/h1-2,5-6,13,16,23H,3-4,7-12,14H2,(H,22,28). The number of aromatic nitrogens is 4. The molecule has 1 aliphatic carbocycles. The molecule has 29 heavy (non-hydrogen) atoms. The molecule has 7 nitrogen and oxygen atoms in total. The molecule has 8 heteroatoms. The van der Waals surface area contributed by atoms with Gasteiger partial charge in [-0.05, 0) is 43.7 Å². The predicted octanol–water partition coefficient (Wildman–Crippen LogP) is 3.15. The van der Waals surface area contributed by atoms with Gasteiger partial charge in [0.2, 0.25) is 11.9 Å². The Balaban J connectivity index is 1.15. The number of carbonyl (C=O) groups excluding carboxylic acids is 1. The molecule has 2 aromatic heterocycles. The number of amides is 1. The minimum atomic E-state index is 0.0444. The molecule has 1 saturated heterocycles. The van der Waals surface area contributed by atoms with E-state index in [4.69, 9.17) is 0 Å². The molecule has 0 bridgehead atoms. The van der Waals surface area contributed by atoms with Crippen molar-refractivity contribution in [1.82, 2.24) is 25.1 Å². The van der Waals surface area contributed by atoms with Crippen LogP contribution in [0.1, 0.15) is 37.3 Å². The molecular formula is C21H26N6OS. The van der Waals surface area contributed by atoms with Gasteiger partial charge in [0.05, 0.1) is 5.75 Å². The Hall–Kier alpha value is -2.48. The lowest BCUT2D eigenvalue weighted by Crippen LogP contribution is -2.27. The first-order valence-electron chi connectivity index (χ1n) is 10.4. The van der Waals surface area contributed by atoms with Gasteiger partial charge in [0.1, 0.15) is 0 Å². The molecule has 1 aliphatic heterocycles. The van der Waals surface area contributed by atoms with E-state index in [1.165, 1.54) is 48.4 Å². The van der Waals surface area contributed by atoms with E-state index in [9.17, 15) is 4.79 Å². The highest BCUT2D eigenvalue weighted by Gasteiger charge is 2.32. The third kappa shape index (κ3) is 3.99. The van der Waals surface area contributed by atoms with Gasteiger partial charge in [0, 0.05) is 42.8 Å². The van der Waals surface area contributed by atoms with Gasteiger partial charge in [0.15, 0.2) is 5.16 Å². The molecule has 152 valence electrons. The second-order valence-electron chi connectivity index (χ2n) is 7.83. The Morgan fingerprint density at radius 1 is 1.21 bits per heavy atom. The Morgan fingerprint density at radius 2 is 2.03 bits per heavy atom. The molecule has 3 aromatic rings. The highest BCUT2D eigenvalue weighted by atomic mass is 32.2. The molecule has 2 aliphatic rings. The maximum Gasteiger partial charge on any atom is 0.230 e. The molecule has 0 atom stereocenters. The fraction of sp³-hybridized carbons (Fsp3) is 0.476. The number of carbonyl (C=O) groups is 1. The molecule has 1 amide bonds. The number of nitrogens with one attached hydrogen (secondary N) is 2. The van der Waals surface area contributed by atoms with E-state index in [-0.39, 0.29) is 5.91 Å². The van der Waals surface area contributed by atoms with Gasteiger partial charge in [-0.25, -0.2) is 0 Å². The fourth-order valence-corrected chi connectivity index (χ4v) is 4.84.